The van der Waals surface area contributed by atoms with Crippen LogP contribution in [0.5, 0.6) is 0 Å². The molecule has 0 aliphatic carbocycles. The fourth-order valence-corrected chi connectivity index (χ4v) is 2.44. The van der Waals surface area contributed by atoms with Gasteiger partial charge in [0.25, 0.3) is 0 Å². The highest BCUT2D eigenvalue weighted by Gasteiger charge is 2.12. The zero-order chi connectivity index (χ0) is 14.8. The summed E-state index contributed by atoms with van der Waals surface area (Å²) < 4.78 is 13.3. The third-order valence-electron chi connectivity index (χ3n) is 3.69. The number of aliphatic hydroxyl groups is 1. The quantitative estimate of drug-likeness (QED) is 0.788. The van der Waals surface area contributed by atoms with E-state index in [0.717, 1.165) is 22.0 Å². The summed E-state index contributed by atoms with van der Waals surface area (Å²) >= 11 is 0. The van der Waals surface area contributed by atoms with Crippen molar-refractivity contribution in [2.45, 2.75) is 19.4 Å². The number of para-hydroxylation sites is 1. The molecule has 1 aromatic heterocycles. The zero-order valence-electron chi connectivity index (χ0n) is 11.8. The van der Waals surface area contributed by atoms with E-state index in [1.165, 1.54) is 12.1 Å². The predicted molar refractivity (Wildman–Crippen MR) is 81.5 cm³/mol. The van der Waals surface area contributed by atoms with Gasteiger partial charge in [-0.2, -0.15) is 0 Å². The van der Waals surface area contributed by atoms with E-state index < -0.39 is 6.10 Å². The van der Waals surface area contributed by atoms with Gasteiger partial charge in [-0.3, -0.25) is 4.98 Å². The molecule has 1 unspecified atom stereocenters. The third kappa shape index (κ3) is 2.93. The average molecular weight is 281 g/mol. The minimum absolute atomic E-state index is 0.283. The Balaban J connectivity index is 1.89. The van der Waals surface area contributed by atoms with Crippen LogP contribution in [0.2, 0.25) is 0 Å². The van der Waals surface area contributed by atoms with Gasteiger partial charge in [-0.05, 0) is 42.3 Å². The van der Waals surface area contributed by atoms with Gasteiger partial charge in [0.05, 0.1) is 17.3 Å². The summed E-state index contributed by atoms with van der Waals surface area (Å²) in [4.78, 5) is 4.48. The molecular weight excluding hydrogens is 265 g/mol. The Kier molecular flexibility index (Phi) is 3.67. The van der Waals surface area contributed by atoms with Crippen LogP contribution in [-0.4, -0.2) is 10.1 Å². The Hall–Kier alpha value is -2.26. The largest absolute Gasteiger partial charge is 0.386 e. The summed E-state index contributed by atoms with van der Waals surface area (Å²) in [5.74, 6) is -0.283. The number of hydrogen-bond acceptors (Lipinski definition) is 2. The first-order valence-electron chi connectivity index (χ1n) is 6.92. The van der Waals surface area contributed by atoms with E-state index in [0.29, 0.717) is 12.1 Å². The number of rotatable bonds is 3. The van der Waals surface area contributed by atoms with Crippen LogP contribution >= 0.6 is 0 Å². The van der Waals surface area contributed by atoms with Crippen molar-refractivity contribution in [1.29, 1.82) is 0 Å². The minimum Gasteiger partial charge on any atom is -0.386 e. The van der Waals surface area contributed by atoms with Crippen LogP contribution in [-0.2, 0) is 6.42 Å². The van der Waals surface area contributed by atoms with Crippen molar-refractivity contribution in [2.24, 2.45) is 0 Å². The molecule has 3 heteroatoms. The lowest BCUT2D eigenvalue weighted by Gasteiger charge is -2.13. The Morgan fingerprint density at radius 2 is 1.90 bits per heavy atom. The van der Waals surface area contributed by atoms with Gasteiger partial charge in [0.15, 0.2) is 0 Å². The van der Waals surface area contributed by atoms with E-state index in [1.54, 1.807) is 6.07 Å². The van der Waals surface area contributed by atoms with Crippen molar-refractivity contribution < 1.29 is 9.50 Å². The SMILES string of the molecule is Cc1ccc(F)cc1CC(O)c1ccc2ccccc2n1. The number of pyridine rings is 1. The standard InChI is InChI=1S/C18H16FNO/c1-12-6-8-15(19)10-14(12)11-18(21)17-9-7-13-4-2-3-5-16(13)20-17/h2-10,18,21H,11H2,1H3. The van der Waals surface area contributed by atoms with E-state index in [-0.39, 0.29) is 5.82 Å². The Morgan fingerprint density at radius 3 is 2.76 bits per heavy atom. The highest BCUT2D eigenvalue weighted by Crippen LogP contribution is 2.22. The van der Waals surface area contributed by atoms with E-state index in [9.17, 15) is 9.50 Å². The zero-order valence-corrected chi connectivity index (χ0v) is 11.8. The van der Waals surface area contributed by atoms with Crippen molar-refractivity contribution in [1.82, 2.24) is 4.98 Å². The first-order valence-corrected chi connectivity index (χ1v) is 6.92. The van der Waals surface area contributed by atoms with Gasteiger partial charge < -0.3 is 5.11 Å². The maximum absolute atomic E-state index is 13.3. The highest BCUT2D eigenvalue weighted by molar-refractivity contribution is 5.78. The Labute approximate surface area is 122 Å². The van der Waals surface area contributed by atoms with Crippen molar-refractivity contribution in [2.75, 3.05) is 0 Å². The van der Waals surface area contributed by atoms with E-state index in [2.05, 4.69) is 4.98 Å². The average Bonchev–Trinajstić information content (AvgIpc) is 2.50. The van der Waals surface area contributed by atoms with Gasteiger partial charge >= 0.3 is 0 Å². The van der Waals surface area contributed by atoms with Crippen LogP contribution < -0.4 is 0 Å². The molecule has 1 heterocycles. The number of aromatic nitrogens is 1. The maximum atomic E-state index is 13.3. The Morgan fingerprint density at radius 1 is 1.10 bits per heavy atom. The van der Waals surface area contributed by atoms with Crippen molar-refractivity contribution >= 4 is 10.9 Å². The number of nitrogens with zero attached hydrogens (tertiary/aromatic N) is 1. The molecule has 106 valence electrons. The monoisotopic (exact) mass is 281 g/mol. The fourth-order valence-electron chi connectivity index (χ4n) is 2.44. The highest BCUT2D eigenvalue weighted by atomic mass is 19.1. The normalized spacial score (nSPS) is 12.5. The van der Waals surface area contributed by atoms with Gasteiger partial charge in [0, 0.05) is 11.8 Å². The van der Waals surface area contributed by atoms with Gasteiger partial charge in [-0.25, -0.2) is 4.39 Å². The first-order chi connectivity index (χ1) is 10.1. The summed E-state index contributed by atoms with van der Waals surface area (Å²) in [6.07, 6.45) is -0.385. The van der Waals surface area contributed by atoms with Gasteiger partial charge in [0.2, 0.25) is 0 Å². The second kappa shape index (κ2) is 5.62. The Bertz CT molecular complexity index is 785. The van der Waals surface area contributed by atoms with E-state index in [1.807, 2.05) is 43.3 Å². The molecule has 2 aromatic carbocycles. The number of aryl methyl sites for hydroxylation is 1. The van der Waals surface area contributed by atoms with Crippen LogP contribution in [0.1, 0.15) is 22.9 Å². The summed E-state index contributed by atoms with van der Waals surface area (Å²) in [7, 11) is 0. The number of halogens is 1. The van der Waals surface area contributed by atoms with Crippen molar-refractivity contribution in [3.05, 3.63) is 77.2 Å². The van der Waals surface area contributed by atoms with Crippen molar-refractivity contribution in [3.8, 4) is 0 Å². The molecule has 0 aliphatic rings. The molecule has 21 heavy (non-hydrogen) atoms. The molecule has 0 saturated heterocycles. The molecule has 0 radical (unpaired) electrons. The molecule has 0 amide bonds. The molecule has 2 nitrogen and oxygen atoms in total. The lowest BCUT2D eigenvalue weighted by atomic mass is 10.00. The smallest absolute Gasteiger partial charge is 0.123 e. The van der Waals surface area contributed by atoms with Gasteiger partial charge in [0.1, 0.15) is 5.82 Å². The molecule has 0 aliphatic heterocycles. The van der Waals surface area contributed by atoms with Crippen LogP contribution in [0, 0.1) is 12.7 Å². The predicted octanol–water partition coefficient (Wildman–Crippen LogP) is 3.96. The number of fused-ring (bicyclic) bond motifs is 1. The van der Waals surface area contributed by atoms with Crippen LogP contribution in [0.15, 0.2) is 54.6 Å². The van der Waals surface area contributed by atoms with Crippen LogP contribution in [0.4, 0.5) is 4.39 Å². The summed E-state index contributed by atoms with van der Waals surface area (Å²) in [5, 5.41) is 11.4. The summed E-state index contributed by atoms with van der Waals surface area (Å²) in [6.45, 7) is 1.91. The summed E-state index contributed by atoms with van der Waals surface area (Å²) in [5.41, 5.74) is 3.23. The second-order valence-electron chi connectivity index (χ2n) is 5.22. The lowest BCUT2D eigenvalue weighted by molar-refractivity contribution is 0.173. The molecule has 0 saturated carbocycles. The molecule has 1 N–H and O–H groups in total. The number of benzene rings is 2. The minimum atomic E-state index is -0.741. The first kappa shape index (κ1) is 13.7. The van der Waals surface area contributed by atoms with E-state index in [4.69, 9.17) is 0 Å². The maximum Gasteiger partial charge on any atom is 0.123 e. The van der Waals surface area contributed by atoms with Crippen LogP contribution in [0.25, 0.3) is 10.9 Å². The van der Waals surface area contributed by atoms with Crippen LogP contribution in [0.3, 0.4) is 0 Å². The molecule has 0 spiro atoms. The molecule has 3 aromatic rings. The van der Waals surface area contributed by atoms with Gasteiger partial charge in [-0.15, -0.1) is 0 Å². The molecule has 0 bridgehead atoms. The molecule has 1 atom stereocenters. The van der Waals surface area contributed by atoms with E-state index >= 15 is 0 Å². The van der Waals surface area contributed by atoms with Crippen molar-refractivity contribution in [3.63, 3.8) is 0 Å². The third-order valence-corrected chi connectivity index (χ3v) is 3.69. The fraction of sp³-hybridized carbons (Fsp3) is 0.167. The molecular formula is C18H16FNO. The molecule has 3 rings (SSSR count). The topological polar surface area (TPSA) is 33.1 Å². The number of hydrogen-bond donors (Lipinski definition) is 1. The second-order valence-corrected chi connectivity index (χ2v) is 5.22. The lowest BCUT2D eigenvalue weighted by Crippen LogP contribution is -2.05. The molecule has 0 fully saturated rings. The number of aliphatic hydroxyl groups excluding tert-OH is 1. The van der Waals surface area contributed by atoms with Gasteiger partial charge in [-0.1, -0.05) is 30.3 Å². The summed E-state index contributed by atoms with van der Waals surface area (Å²) in [6, 6.07) is 16.2.